The summed E-state index contributed by atoms with van der Waals surface area (Å²) >= 11 is 0. The van der Waals surface area contributed by atoms with Crippen LogP contribution in [-0.4, -0.2) is 40.8 Å². The number of aryl methyl sites for hydroxylation is 2. The molecule has 0 N–H and O–H groups in total. The molecule has 0 saturated carbocycles. The van der Waals surface area contributed by atoms with Gasteiger partial charge in [-0.05, 0) is 19.3 Å². The molecule has 1 heterocycles. The average Bonchev–Trinajstić information content (AvgIpc) is 3.18. The number of alkyl halides is 9. The number of unbranched alkanes of at least 4 members (excludes halogenated alkanes) is 7. The number of nitrogens with zero attached hydrogens (tertiary/aromatic N) is 2. The molecule has 15 heteroatoms. The molecule has 0 saturated heterocycles. The number of imidazole rings is 1. The fraction of sp³-hybridized carbons (Fsp3) is 0.850. The van der Waals surface area contributed by atoms with Crippen LogP contribution in [0.15, 0.2) is 18.7 Å². The van der Waals surface area contributed by atoms with Gasteiger partial charge in [0.25, 0.3) is 0 Å². The third-order valence-corrected chi connectivity index (χ3v) is 5.85. The monoisotopic (exact) mass is 550 g/mol. The van der Waals surface area contributed by atoms with E-state index < -0.39 is 33.4 Å². The van der Waals surface area contributed by atoms with Crippen LogP contribution in [0.4, 0.5) is 39.5 Å². The molecule has 0 aromatic carbocycles. The Bertz CT molecular complexity index is 841. The van der Waals surface area contributed by atoms with E-state index in [1.807, 2.05) is 0 Å². The second kappa shape index (κ2) is 13.7. The molecule has 35 heavy (non-hydrogen) atoms. The molecule has 0 aliphatic heterocycles. The maximum atomic E-state index is 12.2. The van der Waals surface area contributed by atoms with Gasteiger partial charge in [-0.1, -0.05) is 52.4 Å². The molecule has 0 aliphatic rings. The van der Waals surface area contributed by atoms with Crippen LogP contribution in [0.25, 0.3) is 0 Å². The zero-order chi connectivity index (χ0) is 27.6. The Labute approximate surface area is 199 Å². The van der Waals surface area contributed by atoms with Crippen molar-refractivity contribution in [2.24, 2.45) is 0 Å². The molecule has 0 unspecified atom stereocenters. The number of halogens is 9. The predicted octanol–water partition coefficient (Wildman–Crippen LogP) is 6.28. The molecule has 0 spiro atoms. The fourth-order valence-corrected chi connectivity index (χ4v) is 3.26. The Morgan fingerprint density at radius 1 is 0.771 bits per heavy atom. The van der Waals surface area contributed by atoms with E-state index in [4.69, 9.17) is 0 Å². The first-order valence-corrected chi connectivity index (χ1v) is 12.5. The number of aromatic nitrogens is 2. The number of rotatable bonds is 14. The smallest absolute Gasteiger partial charge is 0.460 e. The lowest BCUT2D eigenvalue weighted by molar-refractivity contribution is -0.696. The Morgan fingerprint density at radius 2 is 1.26 bits per heavy atom. The zero-order valence-electron chi connectivity index (χ0n) is 19.4. The molecular formula is C20H31F9N2O3S. The summed E-state index contributed by atoms with van der Waals surface area (Å²) in [6, 6.07) is 0. The van der Waals surface area contributed by atoms with E-state index in [0.29, 0.717) is 0 Å². The summed E-state index contributed by atoms with van der Waals surface area (Å²) in [6.07, 6.45) is 11.8. The van der Waals surface area contributed by atoms with Gasteiger partial charge in [-0.3, -0.25) is 0 Å². The molecule has 0 amide bonds. The summed E-state index contributed by atoms with van der Waals surface area (Å²) in [7, 11) is -7.42. The quantitative estimate of drug-likeness (QED) is 0.119. The molecule has 0 radical (unpaired) electrons. The lowest BCUT2D eigenvalue weighted by Gasteiger charge is -2.34. The third-order valence-electron chi connectivity index (χ3n) is 4.97. The highest BCUT2D eigenvalue weighted by Crippen LogP contribution is 2.54. The van der Waals surface area contributed by atoms with Gasteiger partial charge in [-0.25, -0.2) is 17.6 Å². The van der Waals surface area contributed by atoms with Gasteiger partial charge in [0, 0.05) is 0 Å². The first-order valence-electron chi connectivity index (χ1n) is 11.1. The van der Waals surface area contributed by atoms with Crippen molar-refractivity contribution in [1.82, 2.24) is 4.57 Å². The summed E-state index contributed by atoms with van der Waals surface area (Å²) in [4.78, 5) is 0. The van der Waals surface area contributed by atoms with Crippen LogP contribution in [0.1, 0.15) is 71.6 Å². The van der Waals surface area contributed by atoms with Crippen LogP contribution < -0.4 is 4.57 Å². The van der Waals surface area contributed by atoms with Crippen LogP contribution in [0.3, 0.4) is 0 Å². The summed E-state index contributed by atoms with van der Waals surface area (Å²) in [6.45, 7) is 6.88. The van der Waals surface area contributed by atoms with Gasteiger partial charge in [-0.2, -0.15) is 39.5 Å². The van der Waals surface area contributed by atoms with Crippen molar-refractivity contribution < 1.29 is 57.1 Å². The van der Waals surface area contributed by atoms with E-state index in [1.54, 1.807) is 0 Å². The highest BCUT2D eigenvalue weighted by Gasteiger charge is 2.83. The molecule has 208 valence electrons. The van der Waals surface area contributed by atoms with Gasteiger partial charge in [0.05, 0.1) is 13.1 Å². The second-order valence-electron chi connectivity index (χ2n) is 7.98. The van der Waals surface area contributed by atoms with Gasteiger partial charge in [-0.15, -0.1) is 0 Å². The maximum absolute atomic E-state index is 12.2. The average molecular weight is 551 g/mol. The van der Waals surface area contributed by atoms with E-state index in [0.717, 1.165) is 0 Å². The van der Waals surface area contributed by atoms with Crippen molar-refractivity contribution in [2.75, 3.05) is 0 Å². The molecule has 1 aromatic rings. The van der Waals surface area contributed by atoms with Gasteiger partial charge in [0.15, 0.2) is 10.1 Å². The standard InChI is InChI=1S/C16H31N2.C4HF9O3S/c1-3-5-7-8-9-10-11-13-18-15-14-17(16-18)12-6-4-2;5-1(6,3(9,10)11)2(7,8)4(12,13)17(14,15)16/h14-16H,3-13H2,1-2H3;(H,14,15,16)/q+1;/p-1. The lowest BCUT2D eigenvalue weighted by Crippen LogP contribution is -2.63. The van der Waals surface area contributed by atoms with E-state index >= 15 is 0 Å². The van der Waals surface area contributed by atoms with Crippen molar-refractivity contribution in [2.45, 2.75) is 108 Å². The minimum Gasteiger partial charge on any atom is -0.743 e. The van der Waals surface area contributed by atoms with Crippen LogP contribution in [0.2, 0.25) is 0 Å². The van der Waals surface area contributed by atoms with Crippen molar-refractivity contribution in [1.29, 1.82) is 0 Å². The van der Waals surface area contributed by atoms with Crippen LogP contribution in [0, 0.1) is 0 Å². The van der Waals surface area contributed by atoms with E-state index in [1.165, 1.54) is 70.9 Å². The summed E-state index contributed by atoms with van der Waals surface area (Å²) < 4.78 is 140. The van der Waals surface area contributed by atoms with Crippen molar-refractivity contribution in [3.8, 4) is 0 Å². The van der Waals surface area contributed by atoms with Gasteiger partial charge < -0.3 is 4.55 Å². The van der Waals surface area contributed by atoms with Gasteiger partial charge in [0.1, 0.15) is 12.4 Å². The minimum atomic E-state index is -7.43. The molecule has 0 fully saturated rings. The normalized spacial score (nSPS) is 13.5. The van der Waals surface area contributed by atoms with Gasteiger partial charge in [0.2, 0.25) is 6.33 Å². The van der Waals surface area contributed by atoms with Crippen LogP contribution in [0.5, 0.6) is 0 Å². The van der Waals surface area contributed by atoms with Gasteiger partial charge >= 0.3 is 23.3 Å². The largest absolute Gasteiger partial charge is 0.743 e. The summed E-state index contributed by atoms with van der Waals surface area (Å²) in [5, 5.41) is -7.11. The molecule has 1 rings (SSSR count). The Balaban J connectivity index is 0.000000662. The highest BCUT2D eigenvalue weighted by atomic mass is 32.2. The molecule has 0 aliphatic carbocycles. The first kappa shape index (κ1) is 33.5. The Hall–Kier alpha value is -1.51. The van der Waals surface area contributed by atoms with E-state index in [2.05, 4.69) is 41.7 Å². The molecule has 5 nitrogen and oxygen atoms in total. The number of hydrogen-bond acceptors (Lipinski definition) is 3. The first-order chi connectivity index (χ1) is 15.9. The maximum Gasteiger partial charge on any atom is 0.460 e. The molecule has 1 aromatic heterocycles. The van der Waals surface area contributed by atoms with E-state index in [-0.39, 0.29) is 0 Å². The fourth-order valence-electron chi connectivity index (χ4n) is 2.81. The topological polar surface area (TPSA) is 66.0 Å². The molecule has 0 bridgehead atoms. The second-order valence-corrected chi connectivity index (χ2v) is 9.40. The van der Waals surface area contributed by atoms with Crippen LogP contribution in [-0.2, 0) is 23.2 Å². The lowest BCUT2D eigenvalue weighted by atomic mass is 10.1. The van der Waals surface area contributed by atoms with E-state index in [9.17, 15) is 52.5 Å². The number of hydrogen-bond donors (Lipinski definition) is 0. The summed E-state index contributed by atoms with van der Waals surface area (Å²) in [5.41, 5.74) is 0. The zero-order valence-corrected chi connectivity index (χ0v) is 20.3. The van der Waals surface area contributed by atoms with Crippen molar-refractivity contribution in [3.63, 3.8) is 0 Å². The summed E-state index contributed by atoms with van der Waals surface area (Å²) in [5.74, 6) is -14.8. The van der Waals surface area contributed by atoms with Crippen LogP contribution >= 0.6 is 0 Å². The Kier molecular flexibility index (Phi) is 13.1. The molecule has 0 atom stereocenters. The van der Waals surface area contributed by atoms with Crippen molar-refractivity contribution in [3.05, 3.63) is 18.7 Å². The molecular weight excluding hydrogens is 519 g/mol. The minimum absolute atomic E-state index is 1.17. The van der Waals surface area contributed by atoms with Crippen molar-refractivity contribution >= 4 is 10.1 Å². The predicted molar refractivity (Wildman–Crippen MR) is 108 cm³/mol. The SMILES string of the molecule is CCCCCCCCC[n+]1ccn(CCCC)c1.O=S(=O)([O-])C(F)(F)C(F)(F)C(F)(F)C(F)(F)F. The third kappa shape index (κ3) is 9.47. The Morgan fingerprint density at radius 3 is 1.71 bits per heavy atom. The highest BCUT2D eigenvalue weighted by molar-refractivity contribution is 7.86.